The third kappa shape index (κ3) is 2.75. The lowest BCUT2D eigenvalue weighted by molar-refractivity contribution is 0.867. The van der Waals surface area contributed by atoms with Crippen molar-refractivity contribution in [2.45, 2.75) is 33.1 Å². The van der Waals surface area contributed by atoms with Crippen molar-refractivity contribution < 1.29 is 0 Å². The molecule has 0 saturated heterocycles. The lowest BCUT2D eigenvalue weighted by Crippen LogP contribution is -2.02. The number of hydrogen-bond donors (Lipinski definition) is 1. The zero-order valence-corrected chi connectivity index (χ0v) is 12.1. The smallest absolute Gasteiger partial charge is 0.132 e. The van der Waals surface area contributed by atoms with Crippen LogP contribution in [0.5, 0.6) is 0 Å². The maximum absolute atomic E-state index is 4.45. The van der Waals surface area contributed by atoms with Crippen LogP contribution >= 0.6 is 0 Å². The molecule has 0 fully saturated rings. The molecule has 1 heterocycles. The standard InChI is InChI=1S/C16H21N3/c1-5-14-15(18-10-19-16(14)17-4)13-8-6-12(7-9-13)11(2)3/h6-11H,5H2,1-4H3,(H,17,18,19). The van der Waals surface area contributed by atoms with Gasteiger partial charge in [-0.15, -0.1) is 0 Å². The van der Waals surface area contributed by atoms with E-state index in [4.69, 9.17) is 0 Å². The minimum atomic E-state index is 0.554. The molecule has 2 aromatic rings. The third-order valence-electron chi connectivity index (χ3n) is 3.39. The van der Waals surface area contributed by atoms with Crippen LogP contribution in [0.1, 0.15) is 37.8 Å². The van der Waals surface area contributed by atoms with Crippen LogP contribution in [0.15, 0.2) is 30.6 Å². The fourth-order valence-corrected chi connectivity index (χ4v) is 2.24. The molecular weight excluding hydrogens is 234 g/mol. The first-order valence-corrected chi connectivity index (χ1v) is 6.79. The molecule has 2 rings (SSSR count). The summed E-state index contributed by atoms with van der Waals surface area (Å²) >= 11 is 0. The predicted octanol–water partition coefficient (Wildman–Crippen LogP) is 3.87. The van der Waals surface area contributed by atoms with Crippen LogP contribution in [0.2, 0.25) is 0 Å². The average molecular weight is 255 g/mol. The van der Waals surface area contributed by atoms with Crippen molar-refractivity contribution in [1.29, 1.82) is 0 Å². The second kappa shape index (κ2) is 5.83. The Morgan fingerprint density at radius 3 is 2.32 bits per heavy atom. The van der Waals surface area contributed by atoms with Crippen LogP contribution in [0.3, 0.4) is 0 Å². The van der Waals surface area contributed by atoms with Crippen LogP contribution < -0.4 is 5.32 Å². The molecule has 0 radical (unpaired) electrons. The van der Waals surface area contributed by atoms with E-state index in [1.807, 2.05) is 7.05 Å². The summed E-state index contributed by atoms with van der Waals surface area (Å²) in [5.41, 5.74) is 4.70. The summed E-state index contributed by atoms with van der Waals surface area (Å²) < 4.78 is 0. The van der Waals surface area contributed by atoms with Crippen molar-refractivity contribution >= 4 is 5.82 Å². The molecule has 0 aliphatic heterocycles. The van der Waals surface area contributed by atoms with Crippen LogP contribution in [0.25, 0.3) is 11.3 Å². The molecular formula is C16H21N3. The summed E-state index contributed by atoms with van der Waals surface area (Å²) in [6.45, 7) is 6.54. The summed E-state index contributed by atoms with van der Waals surface area (Å²) in [4.78, 5) is 8.73. The highest BCUT2D eigenvalue weighted by Crippen LogP contribution is 2.27. The van der Waals surface area contributed by atoms with Gasteiger partial charge in [-0.3, -0.25) is 0 Å². The molecule has 0 unspecified atom stereocenters. The first-order valence-electron chi connectivity index (χ1n) is 6.79. The summed E-state index contributed by atoms with van der Waals surface area (Å²) in [7, 11) is 1.90. The van der Waals surface area contributed by atoms with Crippen molar-refractivity contribution in [2.24, 2.45) is 0 Å². The summed E-state index contributed by atoms with van der Waals surface area (Å²) in [6, 6.07) is 8.66. The Hall–Kier alpha value is -1.90. The van der Waals surface area contributed by atoms with Crippen LogP contribution in [-0.2, 0) is 6.42 Å². The fraction of sp³-hybridized carbons (Fsp3) is 0.375. The Bertz CT molecular complexity index is 544. The zero-order chi connectivity index (χ0) is 13.8. The minimum absolute atomic E-state index is 0.554. The number of hydrogen-bond acceptors (Lipinski definition) is 3. The third-order valence-corrected chi connectivity index (χ3v) is 3.39. The first kappa shape index (κ1) is 13.5. The first-order chi connectivity index (χ1) is 9.17. The highest BCUT2D eigenvalue weighted by Gasteiger charge is 2.10. The Morgan fingerprint density at radius 1 is 1.11 bits per heavy atom. The molecule has 0 aliphatic carbocycles. The number of rotatable bonds is 4. The molecule has 0 amide bonds. The summed E-state index contributed by atoms with van der Waals surface area (Å²) in [6.07, 6.45) is 2.54. The van der Waals surface area contributed by atoms with E-state index < -0.39 is 0 Å². The van der Waals surface area contributed by atoms with Gasteiger partial charge in [0.1, 0.15) is 12.1 Å². The van der Waals surface area contributed by atoms with Crippen molar-refractivity contribution in [3.8, 4) is 11.3 Å². The maximum atomic E-state index is 4.45. The zero-order valence-electron chi connectivity index (χ0n) is 12.1. The Labute approximate surface area is 115 Å². The van der Waals surface area contributed by atoms with E-state index in [0.717, 1.165) is 23.5 Å². The maximum Gasteiger partial charge on any atom is 0.132 e. The van der Waals surface area contributed by atoms with Gasteiger partial charge in [-0.25, -0.2) is 9.97 Å². The van der Waals surface area contributed by atoms with Gasteiger partial charge < -0.3 is 5.32 Å². The molecule has 0 aliphatic rings. The second-order valence-electron chi connectivity index (χ2n) is 4.93. The lowest BCUT2D eigenvalue weighted by atomic mass is 9.99. The SMILES string of the molecule is CCc1c(NC)ncnc1-c1ccc(C(C)C)cc1. The van der Waals surface area contributed by atoms with Gasteiger partial charge in [0, 0.05) is 18.2 Å². The fourth-order valence-electron chi connectivity index (χ4n) is 2.24. The second-order valence-corrected chi connectivity index (χ2v) is 4.93. The normalized spacial score (nSPS) is 10.8. The quantitative estimate of drug-likeness (QED) is 0.901. The molecule has 1 aromatic heterocycles. The number of anilines is 1. The van der Waals surface area contributed by atoms with E-state index in [9.17, 15) is 0 Å². The van der Waals surface area contributed by atoms with Crippen LogP contribution in [-0.4, -0.2) is 17.0 Å². The number of aromatic nitrogens is 2. The summed E-state index contributed by atoms with van der Waals surface area (Å²) in [5, 5.41) is 3.14. The van der Waals surface area contributed by atoms with E-state index in [2.05, 4.69) is 60.3 Å². The van der Waals surface area contributed by atoms with Gasteiger partial charge >= 0.3 is 0 Å². The van der Waals surface area contributed by atoms with Crippen molar-refractivity contribution in [1.82, 2.24) is 9.97 Å². The molecule has 1 N–H and O–H groups in total. The molecule has 1 aromatic carbocycles. The highest BCUT2D eigenvalue weighted by molar-refractivity contribution is 5.68. The van der Waals surface area contributed by atoms with Gasteiger partial charge in [0.15, 0.2) is 0 Å². The Balaban J connectivity index is 2.46. The molecule has 19 heavy (non-hydrogen) atoms. The van der Waals surface area contributed by atoms with Crippen molar-refractivity contribution in [2.75, 3.05) is 12.4 Å². The molecule has 0 spiro atoms. The topological polar surface area (TPSA) is 37.8 Å². The number of nitrogens with zero attached hydrogens (tertiary/aromatic N) is 2. The average Bonchev–Trinajstić information content (AvgIpc) is 2.46. The van der Waals surface area contributed by atoms with Crippen molar-refractivity contribution in [3.63, 3.8) is 0 Å². The lowest BCUT2D eigenvalue weighted by Gasteiger charge is -2.12. The molecule has 3 heteroatoms. The largest absolute Gasteiger partial charge is 0.373 e. The predicted molar refractivity (Wildman–Crippen MR) is 80.5 cm³/mol. The van der Waals surface area contributed by atoms with E-state index in [1.165, 1.54) is 11.1 Å². The van der Waals surface area contributed by atoms with Crippen LogP contribution in [0, 0.1) is 0 Å². The monoisotopic (exact) mass is 255 g/mol. The van der Waals surface area contributed by atoms with Gasteiger partial charge in [-0.05, 0) is 17.9 Å². The van der Waals surface area contributed by atoms with Gasteiger partial charge in [-0.1, -0.05) is 45.0 Å². The molecule has 3 nitrogen and oxygen atoms in total. The van der Waals surface area contributed by atoms with Gasteiger partial charge in [0.2, 0.25) is 0 Å². The number of nitrogens with one attached hydrogen (secondary N) is 1. The molecule has 0 bridgehead atoms. The van der Waals surface area contributed by atoms with Gasteiger partial charge in [-0.2, -0.15) is 0 Å². The van der Waals surface area contributed by atoms with Gasteiger partial charge in [0.05, 0.1) is 5.69 Å². The van der Waals surface area contributed by atoms with E-state index in [0.29, 0.717) is 5.92 Å². The van der Waals surface area contributed by atoms with Gasteiger partial charge in [0.25, 0.3) is 0 Å². The summed E-state index contributed by atoms with van der Waals surface area (Å²) in [5.74, 6) is 1.47. The molecule has 0 saturated carbocycles. The number of benzene rings is 1. The van der Waals surface area contributed by atoms with E-state index >= 15 is 0 Å². The Morgan fingerprint density at radius 2 is 1.79 bits per heavy atom. The molecule has 0 atom stereocenters. The molecule has 100 valence electrons. The highest BCUT2D eigenvalue weighted by atomic mass is 15.0. The van der Waals surface area contributed by atoms with E-state index in [1.54, 1.807) is 6.33 Å². The van der Waals surface area contributed by atoms with Crippen molar-refractivity contribution in [3.05, 3.63) is 41.7 Å². The minimum Gasteiger partial charge on any atom is -0.373 e. The van der Waals surface area contributed by atoms with E-state index in [-0.39, 0.29) is 0 Å². The Kier molecular flexibility index (Phi) is 4.15. The van der Waals surface area contributed by atoms with Crippen LogP contribution in [0.4, 0.5) is 5.82 Å².